The number of likely N-dealkylation sites (N-methyl/N-ethyl adjacent to an activating group) is 1. The van der Waals surface area contributed by atoms with Crippen LogP contribution in [0.3, 0.4) is 0 Å². The summed E-state index contributed by atoms with van der Waals surface area (Å²) in [5, 5.41) is 3.45. The van der Waals surface area contributed by atoms with Gasteiger partial charge in [-0.1, -0.05) is 42.1 Å². The number of benzene rings is 1. The van der Waals surface area contributed by atoms with Crippen LogP contribution in [0.4, 0.5) is 4.39 Å². The molecule has 0 aliphatic heterocycles. The molecule has 1 fully saturated rings. The largest absolute Gasteiger partial charge is 0.316 e. The van der Waals surface area contributed by atoms with E-state index in [4.69, 9.17) is 0 Å². The number of hydrogen-bond acceptors (Lipinski definition) is 1. The van der Waals surface area contributed by atoms with Gasteiger partial charge in [0.15, 0.2) is 0 Å². The first-order chi connectivity index (χ1) is 9.62. The van der Waals surface area contributed by atoms with Crippen LogP contribution in [-0.4, -0.2) is 13.1 Å². The fraction of sp³-hybridized carbons (Fsp3) is 0.647. The Morgan fingerprint density at radius 2 is 1.95 bits per heavy atom. The third-order valence-corrected chi connectivity index (χ3v) is 5.24. The number of nitrogens with one attached hydrogen (secondary N) is 1. The van der Waals surface area contributed by atoms with E-state index in [0.717, 1.165) is 28.3 Å². The highest BCUT2D eigenvalue weighted by atomic mass is 79.9. The Bertz CT molecular complexity index is 407. The van der Waals surface area contributed by atoms with E-state index in [1.807, 2.05) is 13.1 Å². The van der Waals surface area contributed by atoms with Gasteiger partial charge in [-0.05, 0) is 61.9 Å². The van der Waals surface area contributed by atoms with Crippen LogP contribution in [0.5, 0.6) is 0 Å². The van der Waals surface area contributed by atoms with Crippen LogP contribution in [0.1, 0.15) is 44.6 Å². The molecule has 0 radical (unpaired) electrons. The van der Waals surface area contributed by atoms with E-state index in [9.17, 15) is 4.39 Å². The van der Waals surface area contributed by atoms with Crippen molar-refractivity contribution < 1.29 is 4.39 Å². The van der Waals surface area contributed by atoms with Crippen LogP contribution < -0.4 is 5.32 Å². The molecule has 1 atom stereocenters. The van der Waals surface area contributed by atoms with Gasteiger partial charge in [-0.25, -0.2) is 4.39 Å². The van der Waals surface area contributed by atoms with Gasteiger partial charge in [0.25, 0.3) is 0 Å². The molecule has 1 unspecified atom stereocenters. The lowest BCUT2D eigenvalue weighted by molar-refractivity contribution is 0.222. The van der Waals surface area contributed by atoms with Crippen molar-refractivity contribution in [2.45, 2.75) is 51.5 Å². The average molecular weight is 342 g/mol. The van der Waals surface area contributed by atoms with Crippen molar-refractivity contribution in [3.63, 3.8) is 0 Å². The predicted molar refractivity (Wildman–Crippen MR) is 86.4 cm³/mol. The highest BCUT2D eigenvalue weighted by Crippen LogP contribution is 2.33. The number of hydrogen-bond donors (Lipinski definition) is 1. The van der Waals surface area contributed by atoms with Crippen LogP contribution in [0, 0.1) is 17.7 Å². The lowest BCUT2D eigenvalue weighted by Gasteiger charge is -2.33. The quantitative estimate of drug-likeness (QED) is 0.800. The summed E-state index contributed by atoms with van der Waals surface area (Å²) in [7, 11) is 2.03. The summed E-state index contributed by atoms with van der Waals surface area (Å²) in [5.41, 5.74) is 1.08. The lowest BCUT2D eigenvalue weighted by Crippen LogP contribution is -2.37. The van der Waals surface area contributed by atoms with Gasteiger partial charge in [0.1, 0.15) is 5.82 Å². The molecule has 1 aromatic carbocycles. The summed E-state index contributed by atoms with van der Waals surface area (Å²) in [5.74, 6) is 1.50. The van der Waals surface area contributed by atoms with Crippen molar-refractivity contribution in [1.82, 2.24) is 5.32 Å². The van der Waals surface area contributed by atoms with E-state index < -0.39 is 0 Å². The Kier molecular flexibility index (Phi) is 6.03. The van der Waals surface area contributed by atoms with Crippen LogP contribution >= 0.6 is 15.9 Å². The Morgan fingerprint density at radius 1 is 1.25 bits per heavy atom. The fourth-order valence-electron chi connectivity index (χ4n) is 3.49. The standard InChI is InChI=1S/C17H25BrFN/c1-3-12-4-6-14(7-5-12)17(20-2)10-13-8-15(18)11-16(19)9-13/h8-9,11-12,14,17,20H,3-7,10H2,1-2H3. The van der Waals surface area contributed by atoms with E-state index >= 15 is 0 Å². The number of halogens is 2. The highest BCUT2D eigenvalue weighted by molar-refractivity contribution is 9.10. The van der Waals surface area contributed by atoms with E-state index in [2.05, 4.69) is 28.2 Å². The summed E-state index contributed by atoms with van der Waals surface area (Å²) in [4.78, 5) is 0. The zero-order valence-corrected chi connectivity index (χ0v) is 14.0. The zero-order chi connectivity index (χ0) is 14.5. The molecule has 1 nitrogen and oxygen atoms in total. The Hall–Kier alpha value is -0.410. The molecular formula is C17H25BrFN. The highest BCUT2D eigenvalue weighted by Gasteiger charge is 2.26. The molecule has 0 spiro atoms. The minimum atomic E-state index is -0.154. The molecule has 20 heavy (non-hydrogen) atoms. The fourth-order valence-corrected chi connectivity index (χ4v) is 4.00. The molecule has 112 valence electrons. The Balaban J connectivity index is 1.98. The van der Waals surface area contributed by atoms with Gasteiger partial charge in [-0.2, -0.15) is 0 Å². The molecule has 1 aliphatic rings. The van der Waals surface area contributed by atoms with Gasteiger partial charge in [0, 0.05) is 10.5 Å². The van der Waals surface area contributed by atoms with Gasteiger partial charge >= 0.3 is 0 Å². The minimum Gasteiger partial charge on any atom is -0.316 e. The van der Waals surface area contributed by atoms with Gasteiger partial charge in [-0.3, -0.25) is 0 Å². The first kappa shape index (κ1) is 16.0. The smallest absolute Gasteiger partial charge is 0.124 e. The maximum Gasteiger partial charge on any atom is 0.124 e. The van der Waals surface area contributed by atoms with E-state index in [1.54, 1.807) is 6.07 Å². The van der Waals surface area contributed by atoms with Crippen LogP contribution in [0.25, 0.3) is 0 Å². The van der Waals surface area contributed by atoms with Gasteiger partial charge < -0.3 is 5.32 Å². The lowest BCUT2D eigenvalue weighted by atomic mass is 9.76. The van der Waals surface area contributed by atoms with E-state index in [1.165, 1.54) is 38.2 Å². The van der Waals surface area contributed by atoms with Gasteiger partial charge in [0.05, 0.1) is 0 Å². The molecule has 0 heterocycles. The van der Waals surface area contributed by atoms with Crippen LogP contribution in [0.15, 0.2) is 22.7 Å². The summed E-state index contributed by atoms with van der Waals surface area (Å²) in [6.07, 6.45) is 7.54. The van der Waals surface area contributed by atoms with E-state index in [-0.39, 0.29) is 5.82 Å². The normalized spacial score (nSPS) is 24.6. The maximum atomic E-state index is 13.5. The summed E-state index contributed by atoms with van der Waals surface area (Å²) < 4.78 is 14.3. The van der Waals surface area contributed by atoms with Gasteiger partial charge in [0.2, 0.25) is 0 Å². The molecule has 0 aromatic heterocycles. The SMILES string of the molecule is CCC1CCC(C(Cc2cc(F)cc(Br)c2)NC)CC1. The monoisotopic (exact) mass is 341 g/mol. The second-order valence-electron chi connectivity index (χ2n) is 6.07. The van der Waals surface area contributed by atoms with Crippen LogP contribution in [0.2, 0.25) is 0 Å². The summed E-state index contributed by atoms with van der Waals surface area (Å²) in [6, 6.07) is 5.67. The molecule has 2 rings (SSSR count). The molecule has 0 bridgehead atoms. The topological polar surface area (TPSA) is 12.0 Å². The van der Waals surface area contributed by atoms with Crippen molar-refractivity contribution in [2.75, 3.05) is 7.05 Å². The van der Waals surface area contributed by atoms with Crippen molar-refractivity contribution in [2.24, 2.45) is 11.8 Å². The van der Waals surface area contributed by atoms with Crippen molar-refractivity contribution in [3.05, 3.63) is 34.1 Å². The zero-order valence-electron chi connectivity index (χ0n) is 12.5. The number of rotatable bonds is 5. The second-order valence-corrected chi connectivity index (χ2v) is 6.98. The van der Waals surface area contributed by atoms with Crippen molar-refractivity contribution >= 4 is 15.9 Å². The summed E-state index contributed by atoms with van der Waals surface area (Å²) in [6.45, 7) is 2.30. The molecule has 1 N–H and O–H groups in total. The Labute approximate surface area is 130 Å². The van der Waals surface area contributed by atoms with Crippen LogP contribution in [-0.2, 0) is 6.42 Å². The first-order valence-corrected chi connectivity index (χ1v) is 8.54. The molecule has 1 saturated carbocycles. The van der Waals surface area contributed by atoms with Crippen molar-refractivity contribution in [1.29, 1.82) is 0 Å². The molecule has 0 amide bonds. The molecule has 0 saturated heterocycles. The van der Waals surface area contributed by atoms with Crippen molar-refractivity contribution in [3.8, 4) is 0 Å². The predicted octanol–water partition coefficient (Wildman–Crippen LogP) is 4.94. The van der Waals surface area contributed by atoms with E-state index in [0.29, 0.717) is 6.04 Å². The summed E-state index contributed by atoms with van der Waals surface area (Å²) >= 11 is 3.38. The third kappa shape index (κ3) is 4.29. The molecule has 3 heteroatoms. The third-order valence-electron chi connectivity index (χ3n) is 4.79. The molecular weight excluding hydrogens is 317 g/mol. The average Bonchev–Trinajstić information content (AvgIpc) is 2.44. The molecule has 1 aliphatic carbocycles. The van der Waals surface area contributed by atoms with Gasteiger partial charge in [-0.15, -0.1) is 0 Å². The minimum absolute atomic E-state index is 0.154. The molecule has 1 aromatic rings. The maximum absolute atomic E-state index is 13.5. The second kappa shape index (κ2) is 7.56. The Morgan fingerprint density at radius 3 is 2.50 bits per heavy atom. The first-order valence-electron chi connectivity index (χ1n) is 7.74.